The maximum atomic E-state index is 12.4. The van der Waals surface area contributed by atoms with Gasteiger partial charge in [0, 0.05) is 31.7 Å². The Hall–Kier alpha value is -3.29. The minimum absolute atomic E-state index is 0.171. The van der Waals surface area contributed by atoms with Gasteiger partial charge < -0.3 is 24.6 Å². The number of piperazine rings is 1. The van der Waals surface area contributed by atoms with Gasteiger partial charge in [0.1, 0.15) is 5.82 Å². The number of anilines is 2. The quantitative estimate of drug-likeness (QED) is 0.835. The maximum Gasteiger partial charge on any atom is 0.256 e. The van der Waals surface area contributed by atoms with Gasteiger partial charge in [-0.2, -0.15) is 0 Å². The molecule has 0 spiro atoms. The molecule has 0 saturated carbocycles. The van der Waals surface area contributed by atoms with Crippen molar-refractivity contribution in [1.29, 1.82) is 0 Å². The molecule has 2 aliphatic heterocycles. The predicted octanol–water partition coefficient (Wildman–Crippen LogP) is 1.34. The molecule has 1 N–H and O–H groups in total. The molecule has 0 unspecified atom stereocenters. The maximum absolute atomic E-state index is 12.4. The third-order valence-corrected chi connectivity index (χ3v) is 4.45. The number of pyridine rings is 1. The first-order valence-corrected chi connectivity index (χ1v) is 8.34. The van der Waals surface area contributed by atoms with E-state index >= 15 is 0 Å². The van der Waals surface area contributed by atoms with Gasteiger partial charge in [0.05, 0.1) is 11.9 Å². The normalized spacial score (nSPS) is 15.7. The van der Waals surface area contributed by atoms with E-state index in [-0.39, 0.29) is 12.7 Å². The van der Waals surface area contributed by atoms with Crippen LogP contribution in [0.1, 0.15) is 10.4 Å². The van der Waals surface area contributed by atoms with E-state index in [1.54, 1.807) is 35.4 Å². The summed E-state index contributed by atoms with van der Waals surface area (Å²) in [4.78, 5) is 31.4. The summed E-state index contributed by atoms with van der Waals surface area (Å²) in [6.07, 6.45) is 2.61. The van der Waals surface area contributed by atoms with Crippen molar-refractivity contribution in [3.63, 3.8) is 0 Å². The number of nitrogens with zero attached hydrogens (tertiary/aromatic N) is 3. The minimum Gasteiger partial charge on any atom is -0.454 e. The predicted molar refractivity (Wildman–Crippen MR) is 94.6 cm³/mol. The van der Waals surface area contributed by atoms with Gasteiger partial charge >= 0.3 is 0 Å². The van der Waals surface area contributed by atoms with Crippen molar-refractivity contribution in [3.8, 4) is 11.5 Å². The van der Waals surface area contributed by atoms with Gasteiger partial charge in [-0.15, -0.1) is 0 Å². The van der Waals surface area contributed by atoms with Gasteiger partial charge in [-0.1, -0.05) is 0 Å². The van der Waals surface area contributed by atoms with Crippen LogP contribution in [0.25, 0.3) is 0 Å². The number of carbonyl (C=O) groups excluding carboxylic acids is 2. The highest BCUT2D eigenvalue weighted by atomic mass is 16.7. The zero-order chi connectivity index (χ0) is 17.9. The second-order valence-electron chi connectivity index (χ2n) is 6.05. The molecular weight excluding hydrogens is 336 g/mol. The monoisotopic (exact) mass is 354 g/mol. The molecule has 0 bridgehead atoms. The van der Waals surface area contributed by atoms with Crippen LogP contribution in [0.4, 0.5) is 11.5 Å². The Balaban J connectivity index is 1.39. The van der Waals surface area contributed by atoms with E-state index in [4.69, 9.17) is 9.47 Å². The van der Waals surface area contributed by atoms with E-state index in [0.29, 0.717) is 36.0 Å². The van der Waals surface area contributed by atoms with Crippen LogP contribution in [0.5, 0.6) is 11.5 Å². The average Bonchev–Trinajstić information content (AvgIpc) is 3.16. The van der Waals surface area contributed by atoms with Crippen LogP contribution in [0.2, 0.25) is 0 Å². The Labute approximate surface area is 150 Å². The molecule has 4 rings (SSSR count). The lowest BCUT2D eigenvalue weighted by Crippen LogP contribution is -2.45. The molecule has 8 nitrogen and oxygen atoms in total. The fraction of sp³-hybridized carbons (Fsp3) is 0.278. The van der Waals surface area contributed by atoms with Crippen molar-refractivity contribution in [2.24, 2.45) is 0 Å². The zero-order valence-electron chi connectivity index (χ0n) is 14.1. The smallest absolute Gasteiger partial charge is 0.256 e. The summed E-state index contributed by atoms with van der Waals surface area (Å²) in [6, 6.07) is 8.74. The molecule has 1 fully saturated rings. The van der Waals surface area contributed by atoms with Crippen molar-refractivity contribution in [3.05, 3.63) is 42.1 Å². The highest BCUT2D eigenvalue weighted by Gasteiger charge is 2.18. The molecule has 1 aromatic heterocycles. The van der Waals surface area contributed by atoms with Gasteiger partial charge in [-0.3, -0.25) is 9.59 Å². The number of carbonyl (C=O) groups is 2. The lowest BCUT2D eigenvalue weighted by Gasteiger charge is -2.33. The first-order chi connectivity index (χ1) is 12.7. The lowest BCUT2D eigenvalue weighted by atomic mass is 10.2. The van der Waals surface area contributed by atoms with Crippen molar-refractivity contribution in [2.45, 2.75) is 0 Å². The first kappa shape index (κ1) is 16.2. The van der Waals surface area contributed by atoms with Crippen LogP contribution in [-0.4, -0.2) is 55.2 Å². The third-order valence-electron chi connectivity index (χ3n) is 4.45. The largest absolute Gasteiger partial charge is 0.454 e. The Bertz CT molecular complexity index is 816. The van der Waals surface area contributed by atoms with Crippen LogP contribution in [-0.2, 0) is 4.79 Å². The molecule has 3 heterocycles. The van der Waals surface area contributed by atoms with Crippen LogP contribution in [0, 0.1) is 0 Å². The van der Waals surface area contributed by atoms with Crippen LogP contribution in [0.15, 0.2) is 36.5 Å². The standard InChI is InChI=1S/C18H18N4O4/c23-11-21-5-7-22(8-6-21)14-2-4-17(19-10-14)20-18(24)13-1-3-15-16(9-13)26-12-25-15/h1-4,9-11H,5-8,12H2,(H,19,20,24). The highest BCUT2D eigenvalue weighted by Crippen LogP contribution is 2.32. The average molecular weight is 354 g/mol. The van der Waals surface area contributed by atoms with E-state index in [1.807, 2.05) is 6.07 Å². The number of hydrogen-bond donors (Lipinski definition) is 1. The molecule has 0 aliphatic carbocycles. The molecule has 0 atom stereocenters. The second kappa shape index (κ2) is 6.91. The number of aromatic nitrogens is 1. The summed E-state index contributed by atoms with van der Waals surface area (Å²) in [7, 11) is 0. The Morgan fingerprint density at radius 3 is 2.62 bits per heavy atom. The van der Waals surface area contributed by atoms with Gasteiger partial charge in [-0.05, 0) is 30.3 Å². The van der Waals surface area contributed by atoms with Crippen molar-refractivity contribution < 1.29 is 19.1 Å². The molecule has 0 radical (unpaired) electrons. The van der Waals surface area contributed by atoms with E-state index < -0.39 is 0 Å². The Kier molecular flexibility index (Phi) is 4.30. The molecular formula is C18H18N4O4. The van der Waals surface area contributed by atoms with Crippen molar-refractivity contribution in [2.75, 3.05) is 43.2 Å². The topological polar surface area (TPSA) is 84.0 Å². The molecule has 2 aliphatic rings. The van der Waals surface area contributed by atoms with Gasteiger partial charge in [0.2, 0.25) is 13.2 Å². The Morgan fingerprint density at radius 2 is 1.88 bits per heavy atom. The van der Waals surface area contributed by atoms with Crippen molar-refractivity contribution >= 4 is 23.8 Å². The molecule has 8 heteroatoms. The summed E-state index contributed by atoms with van der Waals surface area (Å²) in [5, 5.41) is 2.78. The second-order valence-corrected chi connectivity index (χ2v) is 6.05. The number of rotatable bonds is 4. The fourth-order valence-electron chi connectivity index (χ4n) is 2.96. The van der Waals surface area contributed by atoms with E-state index in [0.717, 1.165) is 25.2 Å². The zero-order valence-corrected chi connectivity index (χ0v) is 14.1. The van der Waals surface area contributed by atoms with Crippen LogP contribution >= 0.6 is 0 Å². The van der Waals surface area contributed by atoms with Crippen LogP contribution < -0.4 is 19.7 Å². The summed E-state index contributed by atoms with van der Waals surface area (Å²) >= 11 is 0. The Morgan fingerprint density at radius 1 is 1.08 bits per heavy atom. The lowest BCUT2D eigenvalue weighted by molar-refractivity contribution is -0.118. The summed E-state index contributed by atoms with van der Waals surface area (Å²) in [5.74, 6) is 1.42. The SMILES string of the molecule is O=CN1CCN(c2ccc(NC(=O)c3ccc4c(c3)OCO4)nc2)CC1. The number of ether oxygens (including phenoxy) is 2. The van der Waals surface area contributed by atoms with E-state index in [2.05, 4.69) is 15.2 Å². The fourth-order valence-corrected chi connectivity index (χ4v) is 2.96. The molecule has 1 aromatic carbocycles. The number of amides is 2. The first-order valence-electron chi connectivity index (χ1n) is 8.34. The van der Waals surface area contributed by atoms with Gasteiger partial charge in [0.15, 0.2) is 11.5 Å². The summed E-state index contributed by atoms with van der Waals surface area (Å²) in [6.45, 7) is 3.11. The van der Waals surface area contributed by atoms with Gasteiger partial charge in [0.25, 0.3) is 5.91 Å². The van der Waals surface area contributed by atoms with E-state index in [1.165, 1.54) is 0 Å². The summed E-state index contributed by atoms with van der Waals surface area (Å²) in [5.41, 5.74) is 1.45. The number of nitrogens with one attached hydrogen (secondary N) is 1. The number of hydrogen-bond acceptors (Lipinski definition) is 6. The molecule has 134 valence electrons. The van der Waals surface area contributed by atoms with Crippen LogP contribution in [0.3, 0.4) is 0 Å². The van der Waals surface area contributed by atoms with Crippen molar-refractivity contribution in [1.82, 2.24) is 9.88 Å². The third kappa shape index (κ3) is 3.26. The highest BCUT2D eigenvalue weighted by molar-refractivity contribution is 6.04. The number of fused-ring (bicyclic) bond motifs is 1. The molecule has 2 aromatic rings. The molecule has 2 amide bonds. The summed E-state index contributed by atoms with van der Waals surface area (Å²) < 4.78 is 10.5. The number of benzene rings is 1. The molecule has 1 saturated heterocycles. The van der Waals surface area contributed by atoms with Gasteiger partial charge in [-0.25, -0.2) is 4.98 Å². The molecule has 26 heavy (non-hydrogen) atoms. The minimum atomic E-state index is -0.261. The van der Waals surface area contributed by atoms with E-state index in [9.17, 15) is 9.59 Å².